The summed E-state index contributed by atoms with van der Waals surface area (Å²) in [5, 5.41) is 4.11. The van der Waals surface area contributed by atoms with Crippen LogP contribution in [0.4, 0.5) is 11.4 Å². The van der Waals surface area contributed by atoms with Crippen molar-refractivity contribution in [2.75, 3.05) is 37.4 Å². The van der Waals surface area contributed by atoms with Crippen molar-refractivity contribution >= 4 is 44.0 Å². The highest BCUT2D eigenvalue weighted by Gasteiger charge is 2.28. The Kier molecular flexibility index (Phi) is 8.10. The van der Waals surface area contributed by atoms with Crippen molar-refractivity contribution in [3.63, 3.8) is 0 Å². The van der Waals surface area contributed by atoms with Gasteiger partial charge in [0.2, 0.25) is 10.0 Å². The van der Waals surface area contributed by atoms with Gasteiger partial charge in [0.05, 0.1) is 4.90 Å². The Morgan fingerprint density at radius 1 is 0.829 bits per heavy atom. The summed E-state index contributed by atoms with van der Waals surface area (Å²) in [4.78, 5) is 29.9. The number of hydrogen-bond donors (Lipinski definition) is 2. The first-order valence-electron chi connectivity index (χ1n) is 13.6. The zero-order valence-corrected chi connectivity index (χ0v) is 24.2. The van der Waals surface area contributed by atoms with Crippen LogP contribution in [0.2, 0.25) is 0 Å². The van der Waals surface area contributed by atoms with Gasteiger partial charge in [0, 0.05) is 66.5 Å². The second-order valence-corrected chi connectivity index (χ2v) is 12.2. The number of fused-ring (bicyclic) bond motifs is 1. The van der Waals surface area contributed by atoms with Crippen LogP contribution in [0.5, 0.6) is 0 Å². The van der Waals surface area contributed by atoms with Crippen LogP contribution >= 0.6 is 0 Å². The molecule has 0 aliphatic carbocycles. The van der Waals surface area contributed by atoms with Crippen LogP contribution in [0.3, 0.4) is 0 Å². The van der Waals surface area contributed by atoms with E-state index in [9.17, 15) is 18.0 Å². The molecule has 0 saturated carbocycles. The summed E-state index contributed by atoms with van der Waals surface area (Å²) < 4.78 is 30.0. The average molecular weight is 571 g/mol. The Balaban J connectivity index is 1.28. The fraction of sp³-hybridized carbons (Fsp3) is 0.250. The van der Waals surface area contributed by atoms with E-state index in [2.05, 4.69) is 10.0 Å². The molecule has 1 aliphatic heterocycles. The minimum atomic E-state index is -3.86. The van der Waals surface area contributed by atoms with Crippen molar-refractivity contribution in [2.45, 2.75) is 30.7 Å². The number of carbonyl (C=O) groups excluding carboxylic acids is 2. The summed E-state index contributed by atoms with van der Waals surface area (Å²) >= 11 is 0. The molecule has 0 spiro atoms. The monoisotopic (exact) mass is 570 g/mol. The van der Waals surface area contributed by atoms with Crippen LogP contribution in [-0.4, -0.2) is 58.4 Å². The van der Waals surface area contributed by atoms with Gasteiger partial charge in [0.15, 0.2) is 0 Å². The van der Waals surface area contributed by atoms with E-state index in [1.165, 1.54) is 6.07 Å². The Bertz CT molecular complexity index is 1690. The third-order valence-corrected chi connectivity index (χ3v) is 9.12. The molecule has 1 fully saturated rings. The number of piperidine rings is 1. The van der Waals surface area contributed by atoms with E-state index in [1.807, 2.05) is 74.4 Å². The minimum absolute atomic E-state index is 0.0501. The Morgan fingerprint density at radius 2 is 1.46 bits per heavy atom. The molecule has 0 aromatic heterocycles. The van der Waals surface area contributed by atoms with E-state index in [0.717, 1.165) is 11.3 Å². The fourth-order valence-electron chi connectivity index (χ4n) is 5.20. The topological polar surface area (TPSA) is 98.8 Å². The number of sulfonamides is 1. The molecule has 0 unspecified atom stereocenters. The van der Waals surface area contributed by atoms with Crippen LogP contribution in [0, 0.1) is 6.92 Å². The normalized spacial score (nSPS) is 14.2. The number of nitrogens with zero attached hydrogens (tertiary/aromatic N) is 2. The van der Waals surface area contributed by atoms with Crippen LogP contribution in [0.25, 0.3) is 10.8 Å². The molecule has 1 aliphatic rings. The summed E-state index contributed by atoms with van der Waals surface area (Å²) in [6.07, 6.45) is 1.03. The first kappa shape index (κ1) is 28.3. The van der Waals surface area contributed by atoms with E-state index < -0.39 is 10.0 Å². The van der Waals surface area contributed by atoms with Gasteiger partial charge in [0.1, 0.15) is 0 Å². The first-order chi connectivity index (χ1) is 19.6. The Morgan fingerprint density at radius 3 is 2.12 bits per heavy atom. The van der Waals surface area contributed by atoms with Gasteiger partial charge < -0.3 is 15.1 Å². The van der Waals surface area contributed by atoms with Crippen molar-refractivity contribution < 1.29 is 18.0 Å². The van der Waals surface area contributed by atoms with E-state index in [4.69, 9.17) is 0 Å². The maximum Gasteiger partial charge on any atom is 0.255 e. The second kappa shape index (κ2) is 11.7. The van der Waals surface area contributed by atoms with Crippen molar-refractivity contribution in [2.24, 2.45) is 0 Å². The number of anilines is 2. The molecular weight excluding hydrogens is 536 g/mol. The highest BCUT2D eigenvalue weighted by molar-refractivity contribution is 7.89. The van der Waals surface area contributed by atoms with Crippen LogP contribution in [-0.2, 0) is 10.0 Å². The maximum absolute atomic E-state index is 13.6. The Labute approximate surface area is 241 Å². The molecule has 9 heteroatoms. The van der Waals surface area contributed by atoms with Crippen molar-refractivity contribution in [1.29, 1.82) is 0 Å². The standard InChI is InChI=1S/C32H34N4O4S/c1-22-8-4-5-9-26(22)31(37)33-29-16-17-30(28-11-7-6-10-27(28)29)41(39,40)34-24-18-20-36(21-19-24)32(38)23-12-14-25(15-13-23)35(2)3/h4-17,24,34H,18-21H2,1-3H3,(H,33,37). The number of rotatable bonds is 7. The number of amides is 2. The van der Waals surface area contributed by atoms with Crippen molar-refractivity contribution in [1.82, 2.24) is 9.62 Å². The van der Waals surface area contributed by atoms with Gasteiger partial charge in [0.25, 0.3) is 11.8 Å². The largest absolute Gasteiger partial charge is 0.378 e. The molecule has 4 aromatic carbocycles. The molecule has 0 atom stereocenters. The van der Waals surface area contributed by atoms with E-state index in [-0.39, 0.29) is 22.8 Å². The lowest BCUT2D eigenvalue weighted by molar-refractivity contribution is 0.0711. The fourth-order valence-corrected chi connectivity index (χ4v) is 6.72. The van der Waals surface area contributed by atoms with Gasteiger partial charge in [-0.3, -0.25) is 9.59 Å². The van der Waals surface area contributed by atoms with Gasteiger partial charge >= 0.3 is 0 Å². The number of hydrogen-bond acceptors (Lipinski definition) is 5. The third-order valence-electron chi connectivity index (χ3n) is 7.55. The average Bonchev–Trinajstić information content (AvgIpc) is 2.97. The number of benzene rings is 4. The summed E-state index contributed by atoms with van der Waals surface area (Å²) in [5.41, 5.74) is 3.59. The molecule has 2 N–H and O–H groups in total. The molecule has 4 aromatic rings. The molecule has 2 amide bonds. The van der Waals surface area contributed by atoms with Gasteiger partial charge in [-0.2, -0.15) is 0 Å². The SMILES string of the molecule is Cc1ccccc1C(=O)Nc1ccc(S(=O)(=O)NC2CCN(C(=O)c3ccc(N(C)C)cc3)CC2)c2ccccc12. The first-order valence-corrected chi connectivity index (χ1v) is 15.1. The smallest absolute Gasteiger partial charge is 0.255 e. The van der Waals surface area contributed by atoms with Gasteiger partial charge in [-0.1, -0.05) is 42.5 Å². The lowest BCUT2D eigenvalue weighted by Gasteiger charge is -2.32. The van der Waals surface area contributed by atoms with E-state index in [0.29, 0.717) is 53.5 Å². The van der Waals surface area contributed by atoms with Gasteiger partial charge in [-0.25, -0.2) is 13.1 Å². The molecule has 0 bridgehead atoms. The van der Waals surface area contributed by atoms with Crippen molar-refractivity contribution in [3.8, 4) is 0 Å². The minimum Gasteiger partial charge on any atom is -0.378 e. The molecule has 5 rings (SSSR count). The van der Waals surface area contributed by atoms with Crippen LogP contribution in [0.15, 0.2) is 89.8 Å². The summed E-state index contributed by atoms with van der Waals surface area (Å²) in [5.74, 6) is -0.303. The van der Waals surface area contributed by atoms with Crippen LogP contribution in [0.1, 0.15) is 39.1 Å². The number of carbonyl (C=O) groups is 2. The third kappa shape index (κ3) is 6.11. The maximum atomic E-state index is 13.6. The lowest BCUT2D eigenvalue weighted by atomic mass is 10.0. The second-order valence-electron chi connectivity index (χ2n) is 10.6. The number of aryl methyl sites for hydroxylation is 1. The highest BCUT2D eigenvalue weighted by Crippen LogP contribution is 2.30. The summed E-state index contributed by atoms with van der Waals surface area (Å²) in [6.45, 7) is 2.80. The van der Waals surface area contributed by atoms with Crippen molar-refractivity contribution in [3.05, 3.63) is 102 Å². The molecule has 1 heterocycles. The molecule has 212 valence electrons. The number of nitrogens with one attached hydrogen (secondary N) is 2. The molecule has 8 nitrogen and oxygen atoms in total. The summed E-state index contributed by atoms with van der Waals surface area (Å²) in [6, 6.07) is 24.8. The predicted molar refractivity (Wildman–Crippen MR) is 163 cm³/mol. The molecule has 1 saturated heterocycles. The van der Waals surface area contributed by atoms with Gasteiger partial charge in [-0.05, 0) is 67.8 Å². The van der Waals surface area contributed by atoms with Gasteiger partial charge in [-0.15, -0.1) is 0 Å². The quantitative estimate of drug-likeness (QED) is 0.324. The van der Waals surface area contributed by atoms with E-state index >= 15 is 0 Å². The van der Waals surface area contributed by atoms with Crippen LogP contribution < -0.4 is 14.9 Å². The molecule has 41 heavy (non-hydrogen) atoms. The number of likely N-dealkylation sites (tertiary alicyclic amines) is 1. The summed E-state index contributed by atoms with van der Waals surface area (Å²) in [7, 11) is 0.0335. The molecular formula is C32H34N4O4S. The lowest BCUT2D eigenvalue weighted by Crippen LogP contribution is -2.46. The zero-order valence-electron chi connectivity index (χ0n) is 23.4. The Hall–Kier alpha value is -4.21. The van der Waals surface area contributed by atoms with E-state index in [1.54, 1.807) is 35.2 Å². The predicted octanol–water partition coefficient (Wildman–Crippen LogP) is 5.05. The zero-order chi connectivity index (χ0) is 29.1. The molecule has 0 radical (unpaired) electrons. The highest BCUT2D eigenvalue weighted by atomic mass is 32.2.